The average Bonchev–Trinajstić information content (AvgIpc) is 3.43. The number of benzene rings is 1. The number of pyridine rings is 1. The zero-order valence-electron chi connectivity index (χ0n) is 17.9. The van der Waals surface area contributed by atoms with Crippen LogP contribution in [0.5, 0.6) is 5.88 Å². The lowest BCUT2D eigenvalue weighted by Gasteiger charge is -2.23. The molecule has 1 aliphatic rings. The zero-order chi connectivity index (χ0) is 22.1. The first-order valence-corrected chi connectivity index (χ1v) is 10.9. The summed E-state index contributed by atoms with van der Waals surface area (Å²) in [6, 6.07) is 11.9. The summed E-state index contributed by atoms with van der Waals surface area (Å²) >= 11 is 6.46. The van der Waals surface area contributed by atoms with E-state index in [4.69, 9.17) is 21.3 Å². The van der Waals surface area contributed by atoms with Gasteiger partial charge < -0.3 is 9.30 Å². The first-order valence-electron chi connectivity index (χ1n) is 10.6. The van der Waals surface area contributed by atoms with Crippen molar-refractivity contribution in [3.05, 3.63) is 82.5 Å². The summed E-state index contributed by atoms with van der Waals surface area (Å²) in [7, 11) is 1.61. The molecule has 4 heterocycles. The summed E-state index contributed by atoms with van der Waals surface area (Å²) in [6.45, 7) is 2.81. The smallest absolute Gasteiger partial charge is 0.238 e. The number of hydrogen-bond acceptors (Lipinski definition) is 5. The molecular weight excluding hydrogens is 424 g/mol. The van der Waals surface area contributed by atoms with Crippen LogP contribution in [0.1, 0.15) is 47.4 Å². The molecule has 7 nitrogen and oxygen atoms in total. The number of aryl methyl sites for hydroxylation is 2. The van der Waals surface area contributed by atoms with Gasteiger partial charge in [0, 0.05) is 23.7 Å². The molecule has 1 aromatic carbocycles. The minimum absolute atomic E-state index is 0.156. The van der Waals surface area contributed by atoms with E-state index in [9.17, 15) is 0 Å². The SMILES string of the molecule is COc1nc(C=Cc2nc3n(n2)CCC[C@H]3c2ccccc2Cl)ccc1-n1cnc(C)c1. The molecule has 5 rings (SSSR count). The Morgan fingerprint density at radius 1 is 1.12 bits per heavy atom. The molecule has 0 spiro atoms. The fraction of sp³-hybridized carbons (Fsp3) is 0.250. The minimum Gasteiger partial charge on any atom is -0.479 e. The molecule has 0 amide bonds. The number of halogens is 1. The van der Waals surface area contributed by atoms with E-state index < -0.39 is 0 Å². The molecule has 162 valence electrons. The summed E-state index contributed by atoms with van der Waals surface area (Å²) in [5, 5.41) is 5.46. The average molecular weight is 447 g/mol. The van der Waals surface area contributed by atoms with E-state index in [-0.39, 0.29) is 5.92 Å². The van der Waals surface area contributed by atoms with Gasteiger partial charge in [0.1, 0.15) is 11.5 Å². The van der Waals surface area contributed by atoms with Gasteiger partial charge in [0.15, 0.2) is 5.82 Å². The van der Waals surface area contributed by atoms with Gasteiger partial charge in [-0.25, -0.2) is 19.6 Å². The minimum atomic E-state index is 0.156. The fourth-order valence-corrected chi connectivity index (χ4v) is 4.36. The Labute approximate surface area is 191 Å². The lowest BCUT2D eigenvalue weighted by Crippen LogP contribution is -2.18. The Kier molecular flexibility index (Phi) is 5.49. The summed E-state index contributed by atoms with van der Waals surface area (Å²) in [5.74, 6) is 2.30. The van der Waals surface area contributed by atoms with E-state index in [2.05, 4.69) is 21.1 Å². The van der Waals surface area contributed by atoms with Crippen LogP contribution in [-0.2, 0) is 6.54 Å². The summed E-state index contributed by atoms with van der Waals surface area (Å²) in [4.78, 5) is 13.7. The standard InChI is InChI=1S/C24H23ClN6O/c1-16-14-30(15-26-16)21-11-9-17(27-24(21)32-2)10-12-22-28-23-19(7-5-13-31(23)29-22)18-6-3-4-8-20(18)25/h3-4,6,8-12,14-15,19H,5,7,13H2,1-2H3/t19-/m0/s1. The van der Waals surface area contributed by atoms with Crippen molar-refractivity contribution >= 4 is 23.8 Å². The maximum atomic E-state index is 6.46. The number of hydrogen-bond donors (Lipinski definition) is 0. The molecule has 0 radical (unpaired) electrons. The second-order valence-electron chi connectivity index (χ2n) is 7.79. The molecule has 0 N–H and O–H groups in total. The highest BCUT2D eigenvalue weighted by molar-refractivity contribution is 6.31. The number of ether oxygens (including phenoxy) is 1. The predicted octanol–water partition coefficient (Wildman–Crippen LogP) is 4.93. The molecule has 1 aliphatic heterocycles. The third-order valence-electron chi connectivity index (χ3n) is 5.62. The number of rotatable bonds is 5. The van der Waals surface area contributed by atoms with Gasteiger partial charge in [0.2, 0.25) is 5.88 Å². The highest BCUT2D eigenvalue weighted by Crippen LogP contribution is 2.35. The van der Waals surface area contributed by atoms with Crippen LogP contribution >= 0.6 is 11.6 Å². The van der Waals surface area contributed by atoms with Crippen LogP contribution in [0.25, 0.3) is 17.8 Å². The van der Waals surface area contributed by atoms with Gasteiger partial charge in [-0.2, -0.15) is 5.10 Å². The second kappa shape index (κ2) is 8.59. The zero-order valence-corrected chi connectivity index (χ0v) is 18.7. The van der Waals surface area contributed by atoms with E-state index in [1.165, 1.54) is 0 Å². The van der Waals surface area contributed by atoms with Crippen LogP contribution in [0.4, 0.5) is 0 Å². The fourth-order valence-electron chi connectivity index (χ4n) is 4.09. The quantitative estimate of drug-likeness (QED) is 0.435. The molecule has 0 saturated heterocycles. The monoisotopic (exact) mass is 446 g/mol. The van der Waals surface area contributed by atoms with E-state index in [1.54, 1.807) is 13.4 Å². The number of methoxy groups -OCH3 is 1. The third-order valence-corrected chi connectivity index (χ3v) is 5.96. The molecule has 0 unspecified atom stereocenters. The van der Waals surface area contributed by atoms with Gasteiger partial charge in [-0.3, -0.25) is 0 Å². The molecule has 0 saturated carbocycles. The van der Waals surface area contributed by atoms with Crippen molar-refractivity contribution < 1.29 is 4.74 Å². The van der Waals surface area contributed by atoms with Gasteiger partial charge >= 0.3 is 0 Å². The number of aromatic nitrogens is 6. The molecule has 8 heteroatoms. The van der Waals surface area contributed by atoms with Crippen molar-refractivity contribution in [2.24, 2.45) is 0 Å². The maximum absolute atomic E-state index is 6.46. The molecule has 32 heavy (non-hydrogen) atoms. The topological polar surface area (TPSA) is 70.7 Å². The molecule has 1 atom stereocenters. The summed E-state index contributed by atoms with van der Waals surface area (Å²) < 4.78 is 9.39. The van der Waals surface area contributed by atoms with Crippen molar-refractivity contribution in [2.45, 2.75) is 32.2 Å². The molecule has 3 aromatic heterocycles. The van der Waals surface area contributed by atoms with Gasteiger partial charge in [-0.1, -0.05) is 29.8 Å². The van der Waals surface area contributed by atoms with Crippen molar-refractivity contribution in [3.8, 4) is 11.6 Å². The second-order valence-corrected chi connectivity index (χ2v) is 8.20. The third kappa shape index (κ3) is 3.91. The van der Waals surface area contributed by atoms with Gasteiger partial charge in [0.25, 0.3) is 0 Å². The summed E-state index contributed by atoms with van der Waals surface area (Å²) in [5.41, 5.74) is 3.64. The van der Waals surface area contributed by atoms with Crippen molar-refractivity contribution in [1.82, 2.24) is 29.3 Å². The maximum Gasteiger partial charge on any atom is 0.238 e. The largest absolute Gasteiger partial charge is 0.479 e. The van der Waals surface area contributed by atoms with Crippen molar-refractivity contribution in [2.75, 3.05) is 7.11 Å². The predicted molar refractivity (Wildman–Crippen MR) is 124 cm³/mol. The Bertz CT molecular complexity index is 1290. The van der Waals surface area contributed by atoms with Crippen molar-refractivity contribution in [1.29, 1.82) is 0 Å². The first kappa shape index (κ1) is 20.5. The molecule has 0 aliphatic carbocycles. The number of fused-ring (bicyclic) bond motifs is 1. The summed E-state index contributed by atoms with van der Waals surface area (Å²) in [6.07, 6.45) is 9.53. The van der Waals surface area contributed by atoms with Gasteiger partial charge in [0.05, 0.1) is 24.8 Å². The van der Waals surface area contributed by atoms with E-state index in [1.807, 2.05) is 64.9 Å². The lowest BCUT2D eigenvalue weighted by atomic mass is 9.91. The van der Waals surface area contributed by atoms with E-state index >= 15 is 0 Å². The van der Waals surface area contributed by atoms with Crippen LogP contribution in [0, 0.1) is 6.92 Å². The van der Waals surface area contributed by atoms with Crippen LogP contribution in [0.2, 0.25) is 5.02 Å². The Morgan fingerprint density at radius 3 is 2.78 bits per heavy atom. The van der Waals surface area contributed by atoms with Crippen LogP contribution in [0.3, 0.4) is 0 Å². The van der Waals surface area contributed by atoms with Crippen LogP contribution < -0.4 is 4.74 Å². The molecule has 0 bridgehead atoms. The highest BCUT2D eigenvalue weighted by Gasteiger charge is 2.26. The Morgan fingerprint density at radius 2 is 2.00 bits per heavy atom. The number of imidazole rings is 1. The first-order chi connectivity index (χ1) is 15.6. The van der Waals surface area contributed by atoms with Crippen molar-refractivity contribution in [3.63, 3.8) is 0 Å². The van der Waals surface area contributed by atoms with Crippen LogP contribution in [0.15, 0.2) is 48.9 Å². The molecule has 0 fully saturated rings. The normalized spacial score (nSPS) is 15.8. The van der Waals surface area contributed by atoms with E-state index in [0.717, 1.165) is 52.9 Å². The van der Waals surface area contributed by atoms with Gasteiger partial charge in [-0.05, 0) is 55.7 Å². The Hall–Kier alpha value is -3.45. The van der Waals surface area contributed by atoms with Gasteiger partial charge in [-0.15, -0.1) is 0 Å². The Balaban J connectivity index is 1.42. The highest BCUT2D eigenvalue weighted by atomic mass is 35.5. The number of nitrogens with zero attached hydrogens (tertiary/aromatic N) is 6. The molecule has 4 aromatic rings. The van der Waals surface area contributed by atoms with E-state index in [0.29, 0.717) is 11.7 Å². The lowest BCUT2D eigenvalue weighted by molar-refractivity contribution is 0.395. The molecular formula is C24H23ClN6O. The van der Waals surface area contributed by atoms with Crippen LogP contribution in [-0.4, -0.2) is 36.4 Å².